The molecule has 0 saturated heterocycles. The summed E-state index contributed by atoms with van der Waals surface area (Å²) in [6.45, 7) is 0. The Balaban J connectivity index is 2.62. The van der Waals surface area contributed by atoms with Gasteiger partial charge in [0.25, 0.3) is 0 Å². The fourth-order valence-corrected chi connectivity index (χ4v) is 2.19. The van der Waals surface area contributed by atoms with Gasteiger partial charge in [0.05, 0.1) is 7.11 Å². The lowest BCUT2D eigenvalue weighted by Crippen LogP contribution is -1.92. The highest BCUT2D eigenvalue weighted by molar-refractivity contribution is 7.15. The van der Waals surface area contributed by atoms with Crippen LogP contribution in [0.2, 0.25) is 0 Å². The van der Waals surface area contributed by atoms with Gasteiger partial charge in [-0.25, -0.2) is 0 Å². The van der Waals surface area contributed by atoms with Crippen LogP contribution in [0.1, 0.15) is 5.56 Å². The van der Waals surface area contributed by atoms with Crippen LogP contribution in [-0.2, 0) is 6.16 Å². The van der Waals surface area contributed by atoms with E-state index in [0.717, 1.165) is 11.9 Å². The summed E-state index contributed by atoms with van der Waals surface area (Å²) in [6.07, 6.45) is 0.932. The van der Waals surface area contributed by atoms with E-state index in [4.69, 9.17) is 4.74 Å². The van der Waals surface area contributed by atoms with Gasteiger partial charge in [-0.05, 0) is 23.4 Å². The van der Waals surface area contributed by atoms with Crippen molar-refractivity contribution in [1.29, 1.82) is 0 Å². The van der Waals surface area contributed by atoms with Gasteiger partial charge in [-0.1, -0.05) is 42.5 Å². The first-order valence-corrected chi connectivity index (χ1v) is 6.10. The van der Waals surface area contributed by atoms with E-state index >= 15 is 0 Å². The minimum atomic E-state index is 0.932. The number of benzene rings is 2. The maximum absolute atomic E-state index is 5.43. The van der Waals surface area contributed by atoms with E-state index < -0.39 is 0 Å². The van der Waals surface area contributed by atoms with Crippen LogP contribution in [0, 0.1) is 0 Å². The third-order valence-electron chi connectivity index (χ3n) is 2.61. The van der Waals surface area contributed by atoms with Gasteiger partial charge in [-0.15, -0.1) is 9.24 Å². The number of hydrogen-bond donors (Lipinski definition) is 0. The molecule has 0 radical (unpaired) electrons. The molecule has 0 aromatic heterocycles. The molecule has 1 atom stereocenters. The van der Waals surface area contributed by atoms with Crippen molar-refractivity contribution in [3.05, 3.63) is 54.1 Å². The summed E-state index contributed by atoms with van der Waals surface area (Å²) in [5.41, 5.74) is 3.69. The minimum absolute atomic E-state index is 0.932. The van der Waals surface area contributed by atoms with Crippen molar-refractivity contribution in [2.24, 2.45) is 0 Å². The molecular weight excluding hydrogens is 215 g/mol. The van der Waals surface area contributed by atoms with Gasteiger partial charge in [-0.2, -0.15) is 0 Å². The SMILES string of the molecule is COc1cccc(CP)c1-c1ccccc1. The summed E-state index contributed by atoms with van der Waals surface area (Å²) >= 11 is 0. The van der Waals surface area contributed by atoms with Crippen LogP contribution in [0.15, 0.2) is 48.5 Å². The first kappa shape index (κ1) is 11.2. The fourth-order valence-electron chi connectivity index (χ4n) is 1.85. The fraction of sp³-hybridized carbons (Fsp3) is 0.143. The summed E-state index contributed by atoms with van der Waals surface area (Å²) in [5, 5.41) is 0. The lowest BCUT2D eigenvalue weighted by molar-refractivity contribution is 0.416. The quantitative estimate of drug-likeness (QED) is 0.730. The van der Waals surface area contributed by atoms with Crippen LogP contribution in [0.3, 0.4) is 0 Å². The van der Waals surface area contributed by atoms with Crippen molar-refractivity contribution in [2.45, 2.75) is 6.16 Å². The molecule has 1 nitrogen and oxygen atoms in total. The molecule has 2 aromatic rings. The van der Waals surface area contributed by atoms with E-state index in [2.05, 4.69) is 27.4 Å². The van der Waals surface area contributed by atoms with Gasteiger partial charge in [0.2, 0.25) is 0 Å². The van der Waals surface area contributed by atoms with Gasteiger partial charge in [-0.3, -0.25) is 0 Å². The Morgan fingerprint density at radius 1 is 1.00 bits per heavy atom. The highest BCUT2D eigenvalue weighted by Crippen LogP contribution is 2.34. The van der Waals surface area contributed by atoms with Crippen LogP contribution in [0.5, 0.6) is 5.75 Å². The standard InChI is InChI=1S/C14H15OP/c1-15-13-9-5-8-12(10-16)14(13)11-6-3-2-4-7-11/h2-9H,10,16H2,1H3. The smallest absolute Gasteiger partial charge is 0.126 e. The van der Waals surface area contributed by atoms with Gasteiger partial charge in [0.15, 0.2) is 0 Å². The average molecular weight is 230 g/mol. The van der Waals surface area contributed by atoms with Gasteiger partial charge in [0.1, 0.15) is 5.75 Å². The molecule has 0 heterocycles. The lowest BCUT2D eigenvalue weighted by Gasteiger charge is -2.12. The van der Waals surface area contributed by atoms with E-state index in [-0.39, 0.29) is 0 Å². The Kier molecular flexibility index (Phi) is 3.58. The lowest BCUT2D eigenvalue weighted by atomic mass is 9.99. The molecule has 2 aromatic carbocycles. The van der Waals surface area contributed by atoms with Crippen molar-refractivity contribution >= 4 is 9.24 Å². The average Bonchev–Trinajstić information content (AvgIpc) is 2.38. The molecule has 16 heavy (non-hydrogen) atoms. The molecule has 2 heteroatoms. The molecule has 0 spiro atoms. The number of hydrogen-bond acceptors (Lipinski definition) is 1. The number of methoxy groups -OCH3 is 1. The molecule has 0 saturated carbocycles. The van der Waals surface area contributed by atoms with E-state index in [1.54, 1.807) is 7.11 Å². The van der Waals surface area contributed by atoms with Crippen LogP contribution >= 0.6 is 9.24 Å². The summed E-state index contributed by atoms with van der Waals surface area (Å²) in [6, 6.07) is 16.5. The summed E-state index contributed by atoms with van der Waals surface area (Å²) < 4.78 is 5.43. The molecule has 1 unspecified atom stereocenters. The predicted molar refractivity (Wildman–Crippen MR) is 71.8 cm³/mol. The Labute approximate surface area is 98.7 Å². The monoisotopic (exact) mass is 230 g/mol. The third kappa shape index (κ3) is 2.10. The van der Waals surface area contributed by atoms with Crippen molar-refractivity contribution < 1.29 is 4.74 Å². The number of ether oxygens (including phenoxy) is 1. The summed E-state index contributed by atoms with van der Waals surface area (Å²) in [5.74, 6) is 0.936. The molecule has 0 aliphatic carbocycles. The van der Waals surface area contributed by atoms with Gasteiger partial charge >= 0.3 is 0 Å². The van der Waals surface area contributed by atoms with E-state index in [1.807, 2.05) is 30.3 Å². The number of rotatable bonds is 3. The van der Waals surface area contributed by atoms with Gasteiger partial charge < -0.3 is 4.74 Å². The molecule has 82 valence electrons. The molecule has 0 N–H and O–H groups in total. The first-order chi connectivity index (χ1) is 7.86. The van der Waals surface area contributed by atoms with E-state index in [0.29, 0.717) is 0 Å². The Morgan fingerprint density at radius 2 is 1.75 bits per heavy atom. The molecule has 0 fully saturated rings. The summed E-state index contributed by atoms with van der Waals surface area (Å²) in [4.78, 5) is 0. The Morgan fingerprint density at radius 3 is 2.38 bits per heavy atom. The predicted octanol–water partition coefficient (Wildman–Crippen LogP) is 3.74. The maximum atomic E-state index is 5.43. The van der Waals surface area contributed by atoms with Crippen LogP contribution in [-0.4, -0.2) is 7.11 Å². The minimum Gasteiger partial charge on any atom is -0.496 e. The van der Waals surface area contributed by atoms with Crippen LogP contribution in [0.4, 0.5) is 0 Å². The molecule has 0 amide bonds. The highest BCUT2D eigenvalue weighted by atomic mass is 31.0. The van der Waals surface area contributed by atoms with Crippen molar-refractivity contribution in [3.8, 4) is 16.9 Å². The zero-order valence-corrected chi connectivity index (χ0v) is 10.5. The zero-order valence-electron chi connectivity index (χ0n) is 9.31. The molecular formula is C14H15OP. The van der Waals surface area contributed by atoms with E-state index in [1.165, 1.54) is 16.7 Å². The second-order valence-corrected chi connectivity index (χ2v) is 3.97. The third-order valence-corrected chi connectivity index (χ3v) is 3.05. The van der Waals surface area contributed by atoms with Crippen LogP contribution in [0.25, 0.3) is 11.1 Å². The van der Waals surface area contributed by atoms with Crippen molar-refractivity contribution in [2.75, 3.05) is 7.11 Å². The van der Waals surface area contributed by atoms with Crippen LogP contribution < -0.4 is 4.74 Å². The topological polar surface area (TPSA) is 9.23 Å². The first-order valence-electron chi connectivity index (χ1n) is 5.28. The van der Waals surface area contributed by atoms with Crippen molar-refractivity contribution in [1.82, 2.24) is 0 Å². The Bertz CT molecular complexity index is 443. The normalized spacial score (nSPS) is 10.1. The highest BCUT2D eigenvalue weighted by Gasteiger charge is 2.09. The largest absolute Gasteiger partial charge is 0.496 e. The molecule has 0 aliphatic rings. The molecule has 0 aliphatic heterocycles. The van der Waals surface area contributed by atoms with Gasteiger partial charge in [0, 0.05) is 5.56 Å². The second kappa shape index (κ2) is 5.14. The zero-order chi connectivity index (χ0) is 11.4. The Hall–Kier alpha value is -1.33. The van der Waals surface area contributed by atoms with Crippen molar-refractivity contribution in [3.63, 3.8) is 0 Å². The second-order valence-electron chi connectivity index (χ2n) is 3.56. The van der Waals surface area contributed by atoms with E-state index in [9.17, 15) is 0 Å². The molecule has 2 rings (SSSR count). The maximum Gasteiger partial charge on any atom is 0.126 e. The molecule has 0 bridgehead atoms. The summed E-state index contributed by atoms with van der Waals surface area (Å²) in [7, 11) is 4.48.